The molecule has 25 heavy (non-hydrogen) atoms. The van der Waals surface area contributed by atoms with Gasteiger partial charge in [0.2, 0.25) is 0 Å². The van der Waals surface area contributed by atoms with E-state index in [0.717, 1.165) is 23.3 Å². The van der Waals surface area contributed by atoms with Gasteiger partial charge in [-0.1, -0.05) is 92.6 Å². The predicted octanol–water partition coefficient (Wildman–Crippen LogP) is 5.41. The number of unbranched alkanes of at least 4 members (excludes halogenated alkanes) is 3. The summed E-state index contributed by atoms with van der Waals surface area (Å²) in [4.78, 5) is 4.85. The highest BCUT2D eigenvalue weighted by Gasteiger charge is 2.13. The minimum Gasteiger partial charge on any atom is -0.387 e. The van der Waals surface area contributed by atoms with Gasteiger partial charge in [-0.05, 0) is 19.8 Å². The molecule has 0 saturated carbocycles. The second kappa shape index (κ2) is 10.6. The molecule has 0 radical (unpaired) electrons. The van der Waals surface area contributed by atoms with Crippen molar-refractivity contribution in [1.29, 1.82) is 0 Å². The van der Waals surface area contributed by atoms with Crippen LogP contribution >= 0.6 is 0 Å². The molecule has 2 aromatic rings. The molecule has 0 fully saturated rings. The first-order valence-corrected chi connectivity index (χ1v) is 9.25. The normalized spacial score (nSPS) is 13.6. The molecule has 2 rings (SSSR count). The first kappa shape index (κ1) is 19.1. The van der Waals surface area contributed by atoms with E-state index >= 15 is 0 Å². The lowest BCUT2D eigenvalue weighted by Crippen LogP contribution is -2.21. The van der Waals surface area contributed by atoms with Crippen LogP contribution in [-0.4, -0.2) is 23.0 Å². The first-order valence-electron chi connectivity index (χ1n) is 9.25. The molecule has 2 aromatic carbocycles. The molecule has 0 aromatic heterocycles. The largest absolute Gasteiger partial charge is 0.387 e. The first-order chi connectivity index (χ1) is 12.2. The van der Waals surface area contributed by atoms with Crippen molar-refractivity contribution in [3.8, 4) is 0 Å². The van der Waals surface area contributed by atoms with Crippen LogP contribution in [0.1, 0.15) is 50.7 Å². The minimum atomic E-state index is -0.566. The Morgan fingerprint density at radius 3 is 2.04 bits per heavy atom. The zero-order valence-electron chi connectivity index (χ0n) is 15.3. The van der Waals surface area contributed by atoms with E-state index in [2.05, 4.69) is 37.3 Å². The van der Waals surface area contributed by atoms with E-state index < -0.39 is 6.10 Å². The van der Waals surface area contributed by atoms with E-state index in [1.54, 1.807) is 0 Å². The molecule has 0 saturated heterocycles. The van der Waals surface area contributed by atoms with E-state index in [1.807, 2.05) is 49.4 Å². The summed E-state index contributed by atoms with van der Waals surface area (Å²) in [5.41, 5.74) is 3.06. The Labute approximate surface area is 152 Å². The average molecular weight is 335 g/mol. The number of aliphatic hydroxyl groups excluding tert-OH is 1. The molecule has 0 heterocycles. The lowest BCUT2D eigenvalue weighted by molar-refractivity contribution is 0.199. The van der Waals surface area contributed by atoms with E-state index in [-0.39, 0.29) is 6.04 Å². The fraction of sp³-hybridized carbons (Fsp3) is 0.348. The highest BCUT2D eigenvalue weighted by Crippen LogP contribution is 2.14. The number of aliphatic imine (C=N–C) groups is 1. The molecule has 0 aliphatic heterocycles. The Morgan fingerprint density at radius 2 is 1.52 bits per heavy atom. The third-order valence-electron chi connectivity index (χ3n) is 4.23. The highest BCUT2D eigenvalue weighted by atomic mass is 16.3. The molecule has 0 spiro atoms. The number of rotatable bonds is 9. The number of allylic oxidation sites excluding steroid dienone is 1. The van der Waals surface area contributed by atoms with Gasteiger partial charge in [-0.15, -0.1) is 0 Å². The van der Waals surface area contributed by atoms with Crippen LogP contribution in [0.4, 0.5) is 0 Å². The fourth-order valence-corrected chi connectivity index (χ4v) is 2.70. The van der Waals surface area contributed by atoms with Crippen molar-refractivity contribution in [2.75, 3.05) is 0 Å². The van der Waals surface area contributed by atoms with Crippen LogP contribution in [0.2, 0.25) is 0 Å². The van der Waals surface area contributed by atoms with Crippen LogP contribution < -0.4 is 0 Å². The molecule has 0 bridgehead atoms. The van der Waals surface area contributed by atoms with Gasteiger partial charge in [-0.2, -0.15) is 0 Å². The molecule has 0 aliphatic carbocycles. The van der Waals surface area contributed by atoms with Crippen LogP contribution in [0.3, 0.4) is 0 Å². The summed E-state index contributed by atoms with van der Waals surface area (Å²) in [6.45, 7) is 4.16. The van der Waals surface area contributed by atoms with Gasteiger partial charge in [0.25, 0.3) is 0 Å². The molecule has 0 amide bonds. The number of aliphatic hydroxyl groups is 1. The summed E-state index contributed by atoms with van der Waals surface area (Å²) >= 11 is 0. The van der Waals surface area contributed by atoms with Crippen molar-refractivity contribution < 1.29 is 5.11 Å². The Morgan fingerprint density at radius 1 is 0.960 bits per heavy atom. The van der Waals surface area contributed by atoms with Crippen molar-refractivity contribution in [3.05, 3.63) is 83.9 Å². The molecule has 2 nitrogen and oxygen atoms in total. The van der Waals surface area contributed by atoms with Gasteiger partial charge in [-0.3, -0.25) is 4.99 Å². The van der Waals surface area contributed by atoms with E-state index in [1.165, 1.54) is 19.3 Å². The zero-order chi connectivity index (χ0) is 17.9. The van der Waals surface area contributed by atoms with Gasteiger partial charge < -0.3 is 5.11 Å². The maximum atomic E-state index is 10.4. The summed E-state index contributed by atoms with van der Waals surface area (Å²) < 4.78 is 0. The van der Waals surface area contributed by atoms with Crippen LogP contribution in [0, 0.1) is 0 Å². The minimum absolute atomic E-state index is 0.196. The third-order valence-corrected chi connectivity index (χ3v) is 4.23. The molecule has 2 heteroatoms. The van der Waals surface area contributed by atoms with Crippen LogP contribution in [0.5, 0.6) is 0 Å². The smallest absolute Gasteiger partial charge is 0.0941 e. The van der Waals surface area contributed by atoms with Gasteiger partial charge in [0.15, 0.2) is 0 Å². The molecule has 132 valence electrons. The van der Waals surface area contributed by atoms with Crippen molar-refractivity contribution in [2.24, 2.45) is 4.99 Å². The van der Waals surface area contributed by atoms with Gasteiger partial charge in [0.1, 0.15) is 0 Å². The summed E-state index contributed by atoms with van der Waals surface area (Å²) in [7, 11) is 0. The third kappa shape index (κ3) is 6.32. The topological polar surface area (TPSA) is 32.6 Å². The zero-order valence-corrected chi connectivity index (χ0v) is 15.3. The van der Waals surface area contributed by atoms with Crippen molar-refractivity contribution >= 4 is 5.71 Å². The summed E-state index contributed by atoms with van der Waals surface area (Å²) in [6.07, 6.45) is 8.05. The Hall–Kier alpha value is -2.19. The van der Waals surface area contributed by atoms with Crippen LogP contribution in [-0.2, 0) is 0 Å². The predicted molar refractivity (Wildman–Crippen MR) is 107 cm³/mol. The number of nitrogens with zero attached hydrogens (tertiary/aromatic N) is 1. The number of benzene rings is 2. The highest BCUT2D eigenvalue weighted by molar-refractivity contribution is 6.12. The van der Waals surface area contributed by atoms with Gasteiger partial charge in [0.05, 0.1) is 17.9 Å². The van der Waals surface area contributed by atoms with Gasteiger partial charge >= 0.3 is 0 Å². The quantitative estimate of drug-likeness (QED) is 0.371. The van der Waals surface area contributed by atoms with Crippen molar-refractivity contribution in [2.45, 2.75) is 51.7 Å². The molecular weight excluding hydrogens is 306 g/mol. The lowest BCUT2D eigenvalue weighted by Gasteiger charge is -2.15. The summed E-state index contributed by atoms with van der Waals surface area (Å²) in [5, 5.41) is 10.4. The summed E-state index contributed by atoms with van der Waals surface area (Å²) in [6, 6.07) is 20.1. The fourth-order valence-electron chi connectivity index (χ4n) is 2.70. The SMILES string of the molecule is CCCCC/C=C/[C@H](O)[C@H](C)N=C(c1ccccc1)c1ccccc1. The molecule has 1 N–H and O–H groups in total. The van der Waals surface area contributed by atoms with Crippen LogP contribution in [0.15, 0.2) is 77.8 Å². The van der Waals surface area contributed by atoms with E-state index in [0.29, 0.717) is 0 Å². The number of hydrogen-bond donors (Lipinski definition) is 1. The summed E-state index contributed by atoms with van der Waals surface area (Å²) in [5.74, 6) is 0. The monoisotopic (exact) mass is 335 g/mol. The maximum Gasteiger partial charge on any atom is 0.0941 e. The van der Waals surface area contributed by atoms with E-state index in [4.69, 9.17) is 4.99 Å². The Bertz CT molecular complexity index is 620. The van der Waals surface area contributed by atoms with Crippen molar-refractivity contribution in [3.63, 3.8) is 0 Å². The van der Waals surface area contributed by atoms with Crippen LogP contribution in [0.25, 0.3) is 0 Å². The second-order valence-corrected chi connectivity index (χ2v) is 6.36. The lowest BCUT2D eigenvalue weighted by atomic mass is 10.0. The molecule has 0 aliphatic rings. The number of hydrogen-bond acceptors (Lipinski definition) is 2. The average Bonchev–Trinajstić information content (AvgIpc) is 2.67. The Kier molecular flexibility index (Phi) is 8.14. The van der Waals surface area contributed by atoms with E-state index in [9.17, 15) is 5.11 Å². The van der Waals surface area contributed by atoms with Crippen molar-refractivity contribution in [1.82, 2.24) is 0 Å². The maximum absolute atomic E-state index is 10.4. The second-order valence-electron chi connectivity index (χ2n) is 6.36. The molecule has 2 atom stereocenters. The standard InChI is InChI=1S/C23H29NO/c1-3-4-5-6-13-18-22(25)19(2)24-23(20-14-9-7-10-15-20)21-16-11-8-12-17-21/h7-19,22,25H,3-6H2,1-2H3/b18-13+/t19-,22-/m0/s1. The molecular formula is C23H29NO. The molecule has 0 unspecified atom stereocenters. The van der Waals surface area contributed by atoms with Gasteiger partial charge in [-0.25, -0.2) is 0 Å². The Balaban J connectivity index is 2.16. The van der Waals surface area contributed by atoms with Gasteiger partial charge in [0, 0.05) is 11.1 Å².